The topological polar surface area (TPSA) is 108 Å². The maximum absolute atomic E-state index is 12.7. The van der Waals surface area contributed by atoms with Crippen molar-refractivity contribution in [2.24, 2.45) is 0 Å². The van der Waals surface area contributed by atoms with Gasteiger partial charge < -0.3 is 18.9 Å². The highest BCUT2D eigenvalue weighted by molar-refractivity contribution is 7.47. The minimum Gasteiger partial charge on any atom is -0.462 e. The first kappa shape index (κ1) is 53.8. The Bertz CT molecular complexity index is 954. The first-order chi connectivity index (χ1) is 26.5. The molecule has 55 heavy (non-hydrogen) atoms. The van der Waals surface area contributed by atoms with Gasteiger partial charge in [-0.15, -0.1) is 0 Å². The zero-order valence-corrected chi connectivity index (χ0v) is 37.6. The summed E-state index contributed by atoms with van der Waals surface area (Å²) in [6, 6.07) is 0. The summed E-state index contributed by atoms with van der Waals surface area (Å²) in [6.07, 6.45) is 39.6. The second-order valence-corrected chi connectivity index (χ2v) is 18.2. The quantitative estimate of drug-likeness (QED) is 0.0214. The number of likely N-dealkylation sites (N-methyl/N-ethyl adjacent to an activating group) is 1. The Labute approximate surface area is 339 Å². The predicted molar refractivity (Wildman–Crippen MR) is 229 cm³/mol. The molecule has 0 bridgehead atoms. The molecule has 0 spiro atoms. The van der Waals surface area contributed by atoms with E-state index in [0.717, 1.165) is 51.4 Å². The van der Waals surface area contributed by atoms with Crippen LogP contribution >= 0.6 is 7.82 Å². The van der Waals surface area contributed by atoms with E-state index < -0.39 is 26.5 Å². The van der Waals surface area contributed by atoms with Crippen LogP contribution in [0.1, 0.15) is 213 Å². The average molecular weight is 803 g/mol. The molecule has 0 amide bonds. The van der Waals surface area contributed by atoms with Crippen molar-refractivity contribution < 1.29 is 42.1 Å². The molecule has 1 N–H and O–H groups in total. The van der Waals surface area contributed by atoms with E-state index in [1.54, 1.807) is 0 Å². The molecule has 0 aliphatic heterocycles. The second kappa shape index (κ2) is 38.3. The van der Waals surface area contributed by atoms with Crippen molar-refractivity contribution in [1.82, 2.24) is 0 Å². The van der Waals surface area contributed by atoms with Crippen molar-refractivity contribution in [3.8, 4) is 0 Å². The molecule has 0 aliphatic carbocycles. The third kappa shape index (κ3) is 42.2. The van der Waals surface area contributed by atoms with Crippen molar-refractivity contribution in [2.45, 2.75) is 219 Å². The number of allylic oxidation sites excluding steroid dienone is 2. The Kier molecular flexibility index (Phi) is 37.4. The van der Waals surface area contributed by atoms with Crippen LogP contribution in [0.2, 0.25) is 0 Å². The molecule has 0 saturated heterocycles. The van der Waals surface area contributed by atoms with Crippen molar-refractivity contribution in [1.29, 1.82) is 0 Å². The van der Waals surface area contributed by atoms with Gasteiger partial charge in [0.05, 0.1) is 27.7 Å². The average Bonchev–Trinajstić information content (AvgIpc) is 3.13. The molecule has 326 valence electrons. The zero-order valence-electron chi connectivity index (χ0n) is 36.7. The number of ether oxygens (including phenoxy) is 2. The fourth-order valence-electron chi connectivity index (χ4n) is 6.42. The van der Waals surface area contributed by atoms with Crippen LogP contribution < -0.4 is 0 Å². The van der Waals surface area contributed by atoms with Gasteiger partial charge >= 0.3 is 19.8 Å². The monoisotopic (exact) mass is 803 g/mol. The van der Waals surface area contributed by atoms with Crippen molar-refractivity contribution in [2.75, 3.05) is 47.5 Å². The van der Waals surface area contributed by atoms with Gasteiger partial charge in [0.25, 0.3) is 0 Å². The summed E-state index contributed by atoms with van der Waals surface area (Å²) in [5.41, 5.74) is 0. The SMILES string of the molecule is CCCCCCCCC/C=C\CCCCCCCC(=O)OC[C@H](COP(=O)(O)OCC[N+](C)(C)C)OC(=O)CCCCCCCCCCCCCCCCC. The van der Waals surface area contributed by atoms with E-state index in [1.807, 2.05) is 21.1 Å². The van der Waals surface area contributed by atoms with Crippen molar-refractivity contribution >= 4 is 19.8 Å². The number of phosphoric acid groups is 1. The molecule has 0 rings (SSSR count). The van der Waals surface area contributed by atoms with E-state index in [9.17, 15) is 19.0 Å². The van der Waals surface area contributed by atoms with Crippen LogP contribution in [0.5, 0.6) is 0 Å². The third-order valence-electron chi connectivity index (χ3n) is 10.0. The van der Waals surface area contributed by atoms with Crippen LogP contribution in [0, 0.1) is 0 Å². The van der Waals surface area contributed by atoms with Crippen molar-refractivity contribution in [3.63, 3.8) is 0 Å². The van der Waals surface area contributed by atoms with Gasteiger partial charge in [-0.2, -0.15) is 0 Å². The molecule has 2 atom stereocenters. The summed E-state index contributed by atoms with van der Waals surface area (Å²) in [5.74, 6) is -0.797. The molecule has 0 radical (unpaired) electrons. The third-order valence-corrected chi connectivity index (χ3v) is 11.0. The number of carbonyl (C=O) groups is 2. The summed E-state index contributed by atoms with van der Waals surface area (Å²) in [5, 5.41) is 0. The molecule has 0 aromatic carbocycles. The number of nitrogens with zero attached hydrogens (tertiary/aromatic N) is 1. The minimum atomic E-state index is -4.37. The number of unbranched alkanes of at least 4 members (excludes halogenated alkanes) is 26. The summed E-state index contributed by atoms with van der Waals surface area (Å²) in [4.78, 5) is 35.4. The Morgan fingerprint density at radius 1 is 0.545 bits per heavy atom. The van der Waals surface area contributed by atoms with Crippen LogP contribution in [-0.4, -0.2) is 74.9 Å². The minimum absolute atomic E-state index is 0.0337. The molecule has 0 aromatic heterocycles. The highest BCUT2D eigenvalue weighted by Gasteiger charge is 2.27. The number of rotatable bonds is 42. The molecule has 1 unspecified atom stereocenters. The predicted octanol–water partition coefficient (Wildman–Crippen LogP) is 13.0. The zero-order chi connectivity index (χ0) is 40.7. The maximum Gasteiger partial charge on any atom is 0.472 e. The number of hydrogen-bond acceptors (Lipinski definition) is 7. The number of esters is 2. The second-order valence-electron chi connectivity index (χ2n) is 16.8. The van der Waals surface area contributed by atoms with Gasteiger partial charge in [-0.05, 0) is 38.5 Å². The van der Waals surface area contributed by atoms with Gasteiger partial charge in [-0.1, -0.05) is 174 Å². The van der Waals surface area contributed by atoms with Crippen LogP contribution in [0.4, 0.5) is 0 Å². The lowest BCUT2D eigenvalue weighted by Crippen LogP contribution is -2.37. The summed E-state index contributed by atoms with van der Waals surface area (Å²) in [7, 11) is 1.48. The number of hydrogen-bond donors (Lipinski definition) is 1. The van der Waals surface area contributed by atoms with Gasteiger partial charge in [0, 0.05) is 12.8 Å². The first-order valence-electron chi connectivity index (χ1n) is 22.9. The molecular formula is C45H89NO8P+. The van der Waals surface area contributed by atoms with Crippen molar-refractivity contribution in [3.05, 3.63) is 12.2 Å². The molecular weight excluding hydrogens is 713 g/mol. The molecule has 0 aromatic rings. The van der Waals surface area contributed by atoms with Crippen LogP contribution in [0.25, 0.3) is 0 Å². The maximum atomic E-state index is 12.7. The molecule has 10 heteroatoms. The Morgan fingerprint density at radius 2 is 0.927 bits per heavy atom. The number of phosphoric ester groups is 1. The normalized spacial score (nSPS) is 13.6. The van der Waals surface area contributed by atoms with Crippen LogP contribution in [0.15, 0.2) is 12.2 Å². The molecule has 0 aliphatic rings. The lowest BCUT2D eigenvalue weighted by Gasteiger charge is -2.24. The first-order valence-corrected chi connectivity index (χ1v) is 24.4. The Balaban J connectivity index is 4.32. The lowest BCUT2D eigenvalue weighted by molar-refractivity contribution is -0.870. The van der Waals surface area contributed by atoms with E-state index in [0.29, 0.717) is 17.4 Å². The highest BCUT2D eigenvalue weighted by atomic mass is 31.2. The van der Waals surface area contributed by atoms with E-state index in [-0.39, 0.29) is 32.0 Å². The number of carbonyl (C=O) groups excluding carboxylic acids is 2. The number of quaternary nitrogens is 1. The van der Waals surface area contributed by atoms with Gasteiger partial charge in [0.2, 0.25) is 0 Å². The smallest absolute Gasteiger partial charge is 0.462 e. The molecule has 9 nitrogen and oxygen atoms in total. The van der Waals surface area contributed by atoms with E-state index in [4.69, 9.17) is 18.5 Å². The van der Waals surface area contributed by atoms with Gasteiger partial charge in [-0.25, -0.2) is 4.57 Å². The summed E-state index contributed by atoms with van der Waals surface area (Å²) < 4.78 is 34.3. The Morgan fingerprint density at radius 3 is 1.35 bits per heavy atom. The fourth-order valence-corrected chi connectivity index (χ4v) is 7.16. The lowest BCUT2D eigenvalue weighted by atomic mass is 10.0. The molecule has 0 saturated carbocycles. The highest BCUT2D eigenvalue weighted by Crippen LogP contribution is 2.43. The van der Waals surface area contributed by atoms with Gasteiger partial charge in [0.15, 0.2) is 6.10 Å². The molecule has 0 heterocycles. The fraction of sp³-hybridized carbons (Fsp3) is 0.911. The van der Waals surface area contributed by atoms with Gasteiger partial charge in [0.1, 0.15) is 19.8 Å². The van der Waals surface area contributed by atoms with E-state index >= 15 is 0 Å². The largest absolute Gasteiger partial charge is 0.472 e. The van der Waals surface area contributed by atoms with Crippen LogP contribution in [0.3, 0.4) is 0 Å². The summed E-state index contributed by atoms with van der Waals surface area (Å²) >= 11 is 0. The van der Waals surface area contributed by atoms with E-state index in [2.05, 4.69) is 26.0 Å². The standard InChI is InChI=1S/C45H88NO8P/c1-6-8-10-12-14-16-18-20-22-24-25-27-29-31-33-35-37-44(47)51-41-43(42-53-55(49,50)52-40-39-46(3,4)5)54-45(48)38-36-34-32-30-28-26-23-21-19-17-15-13-11-9-7-2/h22,24,43H,6-21,23,25-42H2,1-5H3/p+1/b24-22-/t43-/m1/s1. The van der Waals surface area contributed by atoms with Crippen LogP contribution in [-0.2, 0) is 32.7 Å². The summed E-state index contributed by atoms with van der Waals surface area (Å²) in [6.45, 7) is 4.44. The van der Waals surface area contributed by atoms with Gasteiger partial charge in [-0.3, -0.25) is 18.6 Å². The molecule has 0 fully saturated rings. The Hall–Kier alpha value is -1.25. The van der Waals surface area contributed by atoms with E-state index in [1.165, 1.54) is 128 Å².